The Morgan fingerprint density at radius 1 is 0.595 bits per heavy atom. The third-order valence-electron chi connectivity index (χ3n) is 7.56. The minimum atomic E-state index is -0.915. The highest BCUT2D eigenvalue weighted by Gasteiger charge is 2.39. The first-order valence-electron chi connectivity index (χ1n) is 13.8. The maximum Gasteiger partial charge on any atom is 0.303 e. The number of benzene rings is 2. The van der Waals surface area contributed by atoms with E-state index in [1.54, 1.807) is 48.5 Å². The van der Waals surface area contributed by atoms with Crippen molar-refractivity contribution in [1.82, 2.24) is 9.97 Å². The highest BCUT2D eigenvalue weighted by atomic mass is 16.4. The SMILES string of the molecule is O=C(O)CCCCc1[nH]c2ccccc2c1C1=C(O)C(=O)C(c2c(CCCCC(=O)O)[nH]c3ccccc23)=C(O)C1=O. The highest BCUT2D eigenvalue weighted by Crippen LogP contribution is 2.41. The molecule has 0 amide bonds. The zero-order valence-corrected chi connectivity index (χ0v) is 22.7. The molecular formula is C32H30N2O8. The summed E-state index contributed by atoms with van der Waals surface area (Å²) in [6.07, 6.45) is 2.44. The van der Waals surface area contributed by atoms with Gasteiger partial charge in [-0.05, 0) is 50.7 Å². The second kappa shape index (κ2) is 11.8. The molecule has 0 spiro atoms. The van der Waals surface area contributed by atoms with E-state index in [1.165, 1.54) is 0 Å². The summed E-state index contributed by atoms with van der Waals surface area (Å²) in [5.74, 6) is -5.21. The number of hydrogen-bond donors (Lipinski definition) is 6. The molecular weight excluding hydrogens is 540 g/mol. The first-order valence-corrected chi connectivity index (χ1v) is 13.8. The number of Topliss-reactive ketones (excluding diaryl/α,β-unsaturated/α-hetero) is 2. The van der Waals surface area contributed by atoms with E-state index in [9.17, 15) is 29.4 Å². The number of carbonyl (C=O) groups excluding carboxylic acids is 2. The van der Waals surface area contributed by atoms with Crippen LogP contribution in [-0.2, 0) is 32.0 Å². The number of aryl methyl sites for hydroxylation is 2. The van der Waals surface area contributed by atoms with Crippen molar-refractivity contribution in [2.45, 2.75) is 51.4 Å². The number of aliphatic carboxylic acids is 2. The van der Waals surface area contributed by atoms with Gasteiger partial charge < -0.3 is 30.4 Å². The van der Waals surface area contributed by atoms with Crippen molar-refractivity contribution in [3.05, 3.63) is 82.6 Å². The molecule has 0 bridgehead atoms. The molecule has 10 heteroatoms. The maximum atomic E-state index is 13.8. The van der Waals surface area contributed by atoms with Crippen LogP contribution in [0.2, 0.25) is 0 Å². The number of carbonyl (C=O) groups is 4. The molecule has 10 nitrogen and oxygen atoms in total. The van der Waals surface area contributed by atoms with Gasteiger partial charge in [-0.15, -0.1) is 0 Å². The van der Waals surface area contributed by atoms with Gasteiger partial charge in [0.15, 0.2) is 11.5 Å². The second-order valence-electron chi connectivity index (χ2n) is 10.4. The smallest absolute Gasteiger partial charge is 0.303 e. The Labute approximate surface area is 240 Å². The molecule has 0 atom stereocenters. The number of nitrogens with one attached hydrogen (secondary N) is 2. The van der Waals surface area contributed by atoms with Gasteiger partial charge in [0.2, 0.25) is 11.6 Å². The third-order valence-corrected chi connectivity index (χ3v) is 7.56. The molecule has 2 heterocycles. The fourth-order valence-electron chi connectivity index (χ4n) is 5.64. The first-order chi connectivity index (χ1) is 20.2. The van der Waals surface area contributed by atoms with E-state index in [0.29, 0.717) is 82.8 Å². The van der Waals surface area contributed by atoms with Crippen molar-refractivity contribution >= 4 is 56.5 Å². The summed E-state index contributed by atoms with van der Waals surface area (Å²) in [7, 11) is 0. The summed E-state index contributed by atoms with van der Waals surface area (Å²) in [6, 6.07) is 14.2. The molecule has 1 aliphatic carbocycles. The van der Waals surface area contributed by atoms with Crippen LogP contribution >= 0.6 is 0 Å². The van der Waals surface area contributed by atoms with Crippen molar-refractivity contribution in [2.24, 2.45) is 0 Å². The standard InChI is InChI=1S/C32H30N2O8/c35-23(36)15-7-5-13-21-25(17-9-1-3-11-19(17)33-21)27-29(39)31(41)28(32(42)30(27)40)26-18-10-2-4-12-20(18)34-22(26)14-6-8-16-24(37)38/h1-4,9-12,33-34,39,42H,5-8,13-16H2,(H,35,36)(H,37,38). The molecule has 0 saturated carbocycles. The van der Waals surface area contributed by atoms with E-state index in [0.717, 1.165) is 0 Å². The number of aromatic amines is 2. The quantitative estimate of drug-likeness (QED) is 0.0935. The monoisotopic (exact) mass is 570 g/mol. The predicted molar refractivity (Wildman–Crippen MR) is 156 cm³/mol. The minimum Gasteiger partial charge on any atom is -0.504 e. The van der Waals surface area contributed by atoms with Gasteiger partial charge in [0, 0.05) is 57.2 Å². The number of ketones is 2. The van der Waals surface area contributed by atoms with Gasteiger partial charge in [-0.1, -0.05) is 36.4 Å². The molecule has 42 heavy (non-hydrogen) atoms. The summed E-state index contributed by atoms with van der Waals surface area (Å²) in [4.78, 5) is 56.1. The van der Waals surface area contributed by atoms with Crippen LogP contribution < -0.4 is 0 Å². The van der Waals surface area contributed by atoms with E-state index < -0.39 is 35.0 Å². The maximum absolute atomic E-state index is 13.8. The lowest BCUT2D eigenvalue weighted by atomic mass is 9.83. The number of unbranched alkanes of at least 4 members (excludes halogenated alkanes) is 2. The lowest BCUT2D eigenvalue weighted by Gasteiger charge is -2.20. The van der Waals surface area contributed by atoms with E-state index in [4.69, 9.17) is 10.2 Å². The van der Waals surface area contributed by atoms with Crippen LogP contribution in [0.3, 0.4) is 0 Å². The number of allylic oxidation sites excluding steroid dienone is 2. The second-order valence-corrected chi connectivity index (χ2v) is 10.4. The number of rotatable bonds is 12. The molecule has 0 saturated heterocycles. The predicted octanol–water partition coefficient (Wildman–Crippen LogP) is 5.63. The normalized spacial score (nSPS) is 14.0. The number of aromatic nitrogens is 2. The lowest BCUT2D eigenvalue weighted by molar-refractivity contribution is -0.138. The number of para-hydroxylation sites is 2. The van der Waals surface area contributed by atoms with Crippen molar-refractivity contribution < 1.29 is 39.6 Å². The fraction of sp³-hybridized carbons (Fsp3) is 0.250. The topological polar surface area (TPSA) is 181 Å². The van der Waals surface area contributed by atoms with Gasteiger partial charge in [0.25, 0.3) is 0 Å². The number of aliphatic hydroxyl groups excluding tert-OH is 2. The van der Waals surface area contributed by atoms with Crippen LogP contribution in [0.1, 0.15) is 61.0 Å². The van der Waals surface area contributed by atoms with E-state index in [1.807, 2.05) is 0 Å². The number of carboxylic acid groups (broad SMARTS) is 2. The Bertz CT molecular complexity index is 1670. The average Bonchev–Trinajstić information content (AvgIpc) is 3.51. The number of H-pyrrole nitrogens is 2. The molecule has 216 valence electrons. The Hall–Kier alpha value is -5.12. The van der Waals surface area contributed by atoms with Crippen LogP contribution in [0.15, 0.2) is 60.0 Å². The van der Waals surface area contributed by atoms with Gasteiger partial charge >= 0.3 is 11.9 Å². The van der Waals surface area contributed by atoms with Crippen molar-refractivity contribution in [3.63, 3.8) is 0 Å². The largest absolute Gasteiger partial charge is 0.504 e. The van der Waals surface area contributed by atoms with Gasteiger partial charge in [0.05, 0.1) is 11.1 Å². The van der Waals surface area contributed by atoms with Gasteiger partial charge in [-0.2, -0.15) is 0 Å². The van der Waals surface area contributed by atoms with Crippen LogP contribution in [0.4, 0.5) is 0 Å². The molecule has 0 fully saturated rings. The zero-order valence-electron chi connectivity index (χ0n) is 22.7. The summed E-state index contributed by atoms with van der Waals surface area (Å²) in [5, 5.41) is 41.8. The molecule has 2 aromatic carbocycles. The van der Waals surface area contributed by atoms with Gasteiger partial charge in [0.1, 0.15) is 0 Å². The van der Waals surface area contributed by atoms with Crippen LogP contribution in [0, 0.1) is 0 Å². The van der Waals surface area contributed by atoms with Gasteiger partial charge in [-0.3, -0.25) is 19.2 Å². The van der Waals surface area contributed by atoms with Crippen LogP contribution in [-0.4, -0.2) is 53.9 Å². The summed E-state index contributed by atoms with van der Waals surface area (Å²) in [6.45, 7) is 0. The lowest BCUT2D eigenvalue weighted by Crippen LogP contribution is -2.23. The summed E-state index contributed by atoms with van der Waals surface area (Å²) in [5.41, 5.74) is 2.40. The molecule has 4 aromatic rings. The van der Waals surface area contributed by atoms with Crippen molar-refractivity contribution in [2.75, 3.05) is 0 Å². The van der Waals surface area contributed by atoms with E-state index >= 15 is 0 Å². The van der Waals surface area contributed by atoms with Crippen molar-refractivity contribution in [1.29, 1.82) is 0 Å². The molecule has 6 N–H and O–H groups in total. The zero-order chi connectivity index (χ0) is 30.0. The summed E-state index contributed by atoms with van der Waals surface area (Å²) >= 11 is 0. The summed E-state index contributed by atoms with van der Waals surface area (Å²) < 4.78 is 0. The van der Waals surface area contributed by atoms with Crippen LogP contribution in [0.25, 0.3) is 33.0 Å². The number of carboxylic acids is 2. The Balaban J connectivity index is 1.58. The highest BCUT2D eigenvalue weighted by molar-refractivity contribution is 6.48. The van der Waals surface area contributed by atoms with E-state index in [2.05, 4.69) is 9.97 Å². The number of hydrogen-bond acceptors (Lipinski definition) is 6. The molecule has 0 radical (unpaired) electrons. The van der Waals surface area contributed by atoms with E-state index in [-0.39, 0.29) is 24.0 Å². The molecule has 0 aliphatic heterocycles. The molecule has 2 aromatic heterocycles. The van der Waals surface area contributed by atoms with Crippen LogP contribution in [0.5, 0.6) is 0 Å². The average molecular weight is 571 g/mol. The molecule has 5 rings (SSSR count). The first kappa shape index (κ1) is 28.4. The van der Waals surface area contributed by atoms with Gasteiger partial charge in [-0.25, -0.2) is 0 Å². The molecule has 1 aliphatic rings. The minimum absolute atomic E-state index is 0.0168. The number of aliphatic hydroxyl groups is 2. The Kier molecular flexibility index (Phi) is 7.97. The van der Waals surface area contributed by atoms with Crippen molar-refractivity contribution in [3.8, 4) is 0 Å². The molecule has 0 unspecified atom stereocenters. The number of fused-ring (bicyclic) bond motifs is 2. The fourth-order valence-corrected chi connectivity index (χ4v) is 5.64. The third kappa shape index (κ3) is 5.30. The Morgan fingerprint density at radius 2 is 0.976 bits per heavy atom. The Morgan fingerprint density at radius 3 is 1.36 bits per heavy atom.